The number of nitrogens with zero attached hydrogens (tertiary/aromatic N) is 1. The van der Waals surface area contributed by atoms with Crippen LogP contribution < -0.4 is 9.47 Å². The van der Waals surface area contributed by atoms with Crippen LogP contribution in [0, 0.1) is 0 Å². The number of methoxy groups -OCH3 is 1. The molecule has 1 N–H and O–H groups in total. The first-order valence-corrected chi connectivity index (χ1v) is 7.50. The maximum absolute atomic E-state index is 10.9. The molecule has 3 rings (SSSR count). The van der Waals surface area contributed by atoms with Gasteiger partial charge in [-0.3, -0.25) is 0 Å². The molecule has 0 fully saturated rings. The lowest BCUT2D eigenvalue weighted by molar-refractivity contribution is 0.0696. The Morgan fingerprint density at radius 1 is 1.38 bits per heavy atom. The van der Waals surface area contributed by atoms with Crippen molar-refractivity contribution in [2.45, 2.75) is 25.9 Å². The van der Waals surface area contributed by atoms with Gasteiger partial charge in [-0.15, -0.1) is 11.3 Å². The van der Waals surface area contributed by atoms with E-state index < -0.39 is 5.97 Å². The summed E-state index contributed by atoms with van der Waals surface area (Å²) in [5.41, 5.74) is 1.37. The molecule has 0 aliphatic heterocycles. The normalized spacial score (nSPS) is 13.0. The number of carboxylic acids is 1. The highest BCUT2D eigenvalue weighted by molar-refractivity contribution is 7.11. The number of carbonyl (C=O) groups is 1. The van der Waals surface area contributed by atoms with E-state index in [1.807, 2.05) is 0 Å². The van der Waals surface area contributed by atoms with Crippen LogP contribution in [0.1, 0.15) is 32.4 Å². The van der Waals surface area contributed by atoms with Crippen LogP contribution in [-0.2, 0) is 19.4 Å². The molecular weight excluding hydrogens is 290 g/mol. The maximum Gasteiger partial charge on any atom is 0.335 e. The summed E-state index contributed by atoms with van der Waals surface area (Å²) in [7, 11) is 1.49. The highest BCUT2D eigenvalue weighted by Crippen LogP contribution is 2.31. The van der Waals surface area contributed by atoms with Gasteiger partial charge in [0, 0.05) is 4.88 Å². The van der Waals surface area contributed by atoms with Gasteiger partial charge in [-0.05, 0) is 37.5 Å². The van der Waals surface area contributed by atoms with Crippen LogP contribution in [0.4, 0.5) is 0 Å². The molecule has 21 heavy (non-hydrogen) atoms. The molecule has 0 amide bonds. The summed E-state index contributed by atoms with van der Waals surface area (Å²) < 4.78 is 10.9. The molecule has 110 valence electrons. The number of aryl methyl sites for hydroxylation is 2. The first-order valence-electron chi connectivity index (χ1n) is 6.69. The molecule has 1 aliphatic carbocycles. The Morgan fingerprint density at radius 2 is 2.24 bits per heavy atom. The van der Waals surface area contributed by atoms with Crippen molar-refractivity contribution in [2.24, 2.45) is 0 Å². The van der Waals surface area contributed by atoms with Crippen molar-refractivity contribution < 1.29 is 19.4 Å². The zero-order valence-electron chi connectivity index (χ0n) is 11.6. The van der Waals surface area contributed by atoms with Crippen molar-refractivity contribution in [1.29, 1.82) is 0 Å². The van der Waals surface area contributed by atoms with E-state index in [4.69, 9.17) is 14.6 Å². The SMILES string of the molecule is COc1cc(C(=O)O)ccc1OCc1nc2c(s1)CCC2. The minimum Gasteiger partial charge on any atom is -0.493 e. The molecule has 0 saturated carbocycles. The lowest BCUT2D eigenvalue weighted by Crippen LogP contribution is -2.01. The van der Waals surface area contributed by atoms with Gasteiger partial charge in [0.25, 0.3) is 0 Å². The molecular formula is C15H15NO4S. The molecule has 0 saturated heterocycles. The van der Waals surface area contributed by atoms with Gasteiger partial charge in [-0.25, -0.2) is 9.78 Å². The molecule has 1 aromatic carbocycles. The average Bonchev–Trinajstić information content (AvgIpc) is 3.05. The molecule has 5 nitrogen and oxygen atoms in total. The van der Waals surface area contributed by atoms with E-state index >= 15 is 0 Å². The van der Waals surface area contributed by atoms with Crippen LogP contribution in [0.25, 0.3) is 0 Å². The quantitative estimate of drug-likeness (QED) is 0.920. The topological polar surface area (TPSA) is 68.7 Å². The number of hydrogen-bond donors (Lipinski definition) is 1. The van der Waals surface area contributed by atoms with Gasteiger partial charge in [0.05, 0.1) is 18.4 Å². The molecule has 0 radical (unpaired) electrons. The lowest BCUT2D eigenvalue weighted by atomic mass is 10.2. The molecule has 1 aliphatic rings. The second-order valence-electron chi connectivity index (χ2n) is 4.79. The fraction of sp³-hybridized carbons (Fsp3) is 0.333. The molecule has 0 bridgehead atoms. The van der Waals surface area contributed by atoms with E-state index in [0.29, 0.717) is 18.1 Å². The zero-order chi connectivity index (χ0) is 14.8. The molecule has 1 heterocycles. The van der Waals surface area contributed by atoms with E-state index in [1.54, 1.807) is 17.4 Å². The summed E-state index contributed by atoms with van der Waals surface area (Å²) in [6.07, 6.45) is 3.37. The largest absolute Gasteiger partial charge is 0.493 e. The van der Waals surface area contributed by atoms with E-state index in [1.165, 1.54) is 36.2 Å². The van der Waals surface area contributed by atoms with Gasteiger partial charge in [-0.1, -0.05) is 0 Å². The van der Waals surface area contributed by atoms with E-state index in [9.17, 15) is 4.79 Å². The summed E-state index contributed by atoms with van der Waals surface area (Å²) >= 11 is 1.69. The van der Waals surface area contributed by atoms with Crippen LogP contribution in [-0.4, -0.2) is 23.2 Å². The number of fused-ring (bicyclic) bond motifs is 1. The van der Waals surface area contributed by atoms with Crippen LogP contribution in [0.2, 0.25) is 0 Å². The van der Waals surface area contributed by atoms with E-state index in [-0.39, 0.29) is 5.56 Å². The predicted molar refractivity (Wildman–Crippen MR) is 78.4 cm³/mol. The fourth-order valence-corrected chi connectivity index (χ4v) is 3.43. The number of rotatable bonds is 5. The zero-order valence-corrected chi connectivity index (χ0v) is 12.4. The number of benzene rings is 1. The highest BCUT2D eigenvalue weighted by Gasteiger charge is 2.17. The third kappa shape index (κ3) is 2.85. The number of carboxylic acid groups (broad SMARTS) is 1. The molecule has 6 heteroatoms. The number of aromatic nitrogens is 1. The van der Waals surface area contributed by atoms with Crippen LogP contribution in [0.3, 0.4) is 0 Å². The Morgan fingerprint density at radius 3 is 2.95 bits per heavy atom. The number of aromatic carboxylic acids is 1. The monoisotopic (exact) mass is 305 g/mol. The first kappa shape index (κ1) is 13.9. The van der Waals surface area contributed by atoms with E-state index in [2.05, 4.69) is 4.98 Å². The summed E-state index contributed by atoms with van der Waals surface area (Å²) in [5, 5.41) is 9.91. The summed E-state index contributed by atoms with van der Waals surface area (Å²) in [6.45, 7) is 0.375. The number of ether oxygens (including phenoxy) is 2. The Bertz CT molecular complexity index is 659. The third-order valence-electron chi connectivity index (χ3n) is 3.40. The Balaban J connectivity index is 1.73. The standard InChI is InChI=1S/C15H15NO4S/c1-19-12-7-9(15(17)18)5-6-11(12)20-8-14-16-10-3-2-4-13(10)21-14/h5-7H,2-4,8H2,1H3,(H,17,18). The van der Waals surface area contributed by atoms with Crippen LogP contribution in [0.5, 0.6) is 11.5 Å². The van der Waals surface area contributed by atoms with Gasteiger partial charge in [0.2, 0.25) is 0 Å². The van der Waals surface area contributed by atoms with Gasteiger partial charge in [0.15, 0.2) is 11.5 Å². The van der Waals surface area contributed by atoms with E-state index in [0.717, 1.165) is 17.8 Å². The second kappa shape index (κ2) is 5.73. The molecule has 1 aromatic heterocycles. The van der Waals surface area contributed by atoms with Crippen molar-refractivity contribution >= 4 is 17.3 Å². The Kier molecular flexibility index (Phi) is 3.79. The minimum atomic E-state index is -0.990. The summed E-state index contributed by atoms with van der Waals surface area (Å²) in [6, 6.07) is 4.57. The summed E-state index contributed by atoms with van der Waals surface area (Å²) in [5.74, 6) is -0.0481. The average molecular weight is 305 g/mol. The number of thiazole rings is 1. The smallest absolute Gasteiger partial charge is 0.335 e. The highest BCUT2D eigenvalue weighted by atomic mass is 32.1. The lowest BCUT2D eigenvalue weighted by Gasteiger charge is -2.10. The third-order valence-corrected chi connectivity index (χ3v) is 4.53. The van der Waals surface area contributed by atoms with Crippen LogP contribution in [0.15, 0.2) is 18.2 Å². The van der Waals surface area contributed by atoms with Crippen molar-refractivity contribution in [3.63, 3.8) is 0 Å². The molecule has 0 unspecified atom stereocenters. The van der Waals surface area contributed by atoms with Gasteiger partial charge >= 0.3 is 5.97 Å². The minimum absolute atomic E-state index is 0.174. The Hall–Kier alpha value is -2.08. The fourth-order valence-electron chi connectivity index (χ4n) is 2.36. The van der Waals surface area contributed by atoms with Gasteiger partial charge < -0.3 is 14.6 Å². The van der Waals surface area contributed by atoms with Crippen molar-refractivity contribution in [2.75, 3.05) is 7.11 Å². The van der Waals surface area contributed by atoms with Gasteiger partial charge in [0.1, 0.15) is 11.6 Å². The molecule has 0 atom stereocenters. The predicted octanol–water partition coefficient (Wildman–Crippen LogP) is 2.92. The second-order valence-corrected chi connectivity index (χ2v) is 5.96. The van der Waals surface area contributed by atoms with Gasteiger partial charge in [-0.2, -0.15) is 0 Å². The number of hydrogen-bond acceptors (Lipinski definition) is 5. The van der Waals surface area contributed by atoms with Crippen LogP contribution >= 0.6 is 11.3 Å². The van der Waals surface area contributed by atoms with Crippen molar-refractivity contribution in [3.05, 3.63) is 39.3 Å². The van der Waals surface area contributed by atoms with Crippen molar-refractivity contribution in [1.82, 2.24) is 4.98 Å². The molecule has 0 spiro atoms. The Labute approximate surface area is 126 Å². The summed E-state index contributed by atoms with van der Waals surface area (Å²) in [4.78, 5) is 16.9. The van der Waals surface area contributed by atoms with Crippen molar-refractivity contribution in [3.8, 4) is 11.5 Å². The first-order chi connectivity index (χ1) is 10.2. The maximum atomic E-state index is 10.9. The molecule has 2 aromatic rings.